The van der Waals surface area contributed by atoms with Crippen LogP contribution in [-0.4, -0.2) is 23.2 Å². The standard InChI is InChI=1S/C12H17N3O/c1-3-15(8-4-7-13)11-5-6-12(10(2)16)14-9-11/h5-6,9-10,16H,3-4,8H2,1-2H3/t10-/m1/s1. The maximum Gasteiger partial charge on any atom is 0.0931 e. The summed E-state index contributed by atoms with van der Waals surface area (Å²) < 4.78 is 0. The van der Waals surface area contributed by atoms with Gasteiger partial charge in [0.15, 0.2) is 0 Å². The van der Waals surface area contributed by atoms with Gasteiger partial charge in [-0.3, -0.25) is 4.98 Å². The Bertz CT molecular complexity index is 354. The summed E-state index contributed by atoms with van der Waals surface area (Å²) in [7, 11) is 0. The smallest absolute Gasteiger partial charge is 0.0931 e. The van der Waals surface area contributed by atoms with Crippen molar-refractivity contribution in [2.75, 3.05) is 18.0 Å². The lowest BCUT2D eigenvalue weighted by atomic mass is 10.2. The van der Waals surface area contributed by atoms with E-state index in [1.54, 1.807) is 13.1 Å². The molecule has 0 aromatic carbocycles. The van der Waals surface area contributed by atoms with Gasteiger partial charge in [-0.2, -0.15) is 5.26 Å². The van der Waals surface area contributed by atoms with Crippen LogP contribution in [0, 0.1) is 11.3 Å². The molecule has 1 aromatic rings. The molecule has 1 heterocycles. The van der Waals surface area contributed by atoms with Gasteiger partial charge in [0.25, 0.3) is 0 Å². The minimum absolute atomic E-state index is 0.506. The molecule has 0 aliphatic heterocycles. The first-order valence-corrected chi connectivity index (χ1v) is 5.45. The number of nitrogens with zero attached hydrogens (tertiary/aromatic N) is 3. The molecule has 0 aliphatic rings. The third-order valence-corrected chi connectivity index (χ3v) is 2.44. The van der Waals surface area contributed by atoms with Crippen LogP contribution in [0.15, 0.2) is 18.3 Å². The summed E-state index contributed by atoms with van der Waals surface area (Å²) in [6.07, 6.45) is 1.71. The lowest BCUT2D eigenvalue weighted by Crippen LogP contribution is -2.23. The maximum absolute atomic E-state index is 9.33. The van der Waals surface area contributed by atoms with Gasteiger partial charge in [0, 0.05) is 13.1 Å². The fraction of sp³-hybridized carbons (Fsp3) is 0.500. The van der Waals surface area contributed by atoms with Gasteiger partial charge in [-0.15, -0.1) is 0 Å². The van der Waals surface area contributed by atoms with Crippen molar-refractivity contribution in [3.05, 3.63) is 24.0 Å². The Morgan fingerprint density at radius 1 is 1.56 bits per heavy atom. The predicted molar refractivity (Wildman–Crippen MR) is 63.0 cm³/mol. The number of rotatable bonds is 5. The second kappa shape index (κ2) is 6.09. The van der Waals surface area contributed by atoms with Crippen molar-refractivity contribution in [1.29, 1.82) is 5.26 Å². The molecule has 0 spiro atoms. The Balaban J connectivity index is 2.75. The van der Waals surface area contributed by atoms with Crippen LogP contribution in [-0.2, 0) is 0 Å². The van der Waals surface area contributed by atoms with Gasteiger partial charge < -0.3 is 10.0 Å². The molecule has 0 saturated heterocycles. The Morgan fingerprint density at radius 2 is 2.31 bits per heavy atom. The summed E-state index contributed by atoms with van der Waals surface area (Å²) in [4.78, 5) is 6.27. The first-order chi connectivity index (χ1) is 7.69. The van der Waals surface area contributed by atoms with Crippen LogP contribution >= 0.6 is 0 Å². The number of pyridine rings is 1. The number of hydrogen-bond acceptors (Lipinski definition) is 4. The highest BCUT2D eigenvalue weighted by Crippen LogP contribution is 2.16. The number of anilines is 1. The van der Waals surface area contributed by atoms with Gasteiger partial charge in [0.05, 0.1) is 36.2 Å². The van der Waals surface area contributed by atoms with Crippen LogP contribution in [0.3, 0.4) is 0 Å². The molecule has 16 heavy (non-hydrogen) atoms. The van der Waals surface area contributed by atoms with Crippen LogP contribution in [0.1, 0.15) is 32.1 Å². The van der Waals surface area contributed by atoms with E-state index in [2.05, 4.69) is 16.0 Å². The third kappa shape index (κ3) is 3.21. The highest BCUT2D eigenvalue weighted by Gasteiger charge is 2.06. The van der Waals surface area contributed by atoms with Crippen molar-refractivity contribution >= 4 is 5.69 Å². The quantitative estimate of drug-likeness (QED) is 0.821. The van der Waals surface area contributed by atoms with E-state index < -0.39 is 6.10 Å². The summed E-state index contributed by atoms with van der Waals surface area (Å²) in [6.45, 7) is 5.29. The van der Waals surface area contributed by atoms with E-state index in [-0.39, 0.29) is 0 Å². The van der Waals surface area contributed by atoms with Gasteiger partial charge >= 0.3 is 0 Å². The molecule has 0 radical (unpaired) electrons. The number of aliphatic hydroxyl groups is 1. The van der Waals surface area contributed by atoms with Gasteiger partial charge in [0.1, 0.15) is 0 Å². The van der Waals surface area contributed by atoms with Crippen molar-refractivity contribution < 1.29 is 5.11 Å². The first kappa shape index (κ1) is 12.5. The van der Waals surface area contributed by atoms with E-state index in [1.807, 2.05) is 19.1 Å². The van der Waals surface area contributed by atoms with E-state index in [0.29, 0.717) is 18.7 Å². The molecule has 4 heteroatoms. The topological polar surface area (TPSA) is 60.2 Å². The molecule has 0 unspecified atom stereocenters. The summed E-state index contributed by atoms with van der Waals surface area (Å²) in [6, 6.07) is 5.87. The van der Waals surface area contributed by atoms with Crippen LogP contribution in [0.4, 0.5) is 5.69 Å². The van der Waals surface area contributed by atoms with Crippen molar-refractivity contribution in [1.82, 2.24) is 4.98 Å². The molecule has 1 aromatic heterocycles. The van der Waals surface area contributed by atoms with Crippen LogP contribution in [0.5, 0.6) is 0 Å². The van der Waals surface area contributed by atoms with Crippen LogP contribution in [0.2, 0.25) is 0 Å². The van der Waals surface area contributed by atoms with E-state index >= 15 is 0 Å². The van der Waals surface area contributed by atoms with Crippen LogP contribution in [0.25, 0.3) is 0 Å². The number of hydrogen-bond donors (Lipinski definition) is 1. The normalized spacial score (nSPS) is 11.9. The van der Waals surface area contributed by atoms with E-state index in [4.69, 9.17) is 5.26 Å². The largest absolute Gasteiger partial charge is 0.387 e. The molecule has 0 aliphatic carbocycles. The zero-order chi connectivity index (χ0) is 12.0. The van der Waals surface area contributed by atoms with Gasteiger partial charge in [0.2, 0.25) is 0 Å². The van der Waals surface area contributed by atoms with Crippen molar-refractivity contribution in [3.8, 4) is 6.07 Å². The number of nitriles is 1. The van der Waals surface area contributed by atoms with Gasteiger partial charge in [-0.25, -0.2) is 0 Å². The van der Waals surface area contributed by atoms with Crippen molar-refractivity contribution in [3.63, 3.8) is 0 Å². The fourth-order valence-corrected chi connectivity index (χ4v) is 1.49. The summed E-state index contributed by atoms with van der Waals surface area (Å²) in [5.74, 6) is 0. The number of aromatic nitrogens is 1. The summed E-state index contributed by atoms with van der Waals surface area (Å²) in [5, 5.41) is 17.9. The zero-order valence-corrected chi connectivity index (χ0v) is 9.72. The summed E-state index contributed by atoms with van der Waals surface area (Å²) in [5.41, 5.74) is 1.65. The molecule has 0 amide bonds. The third-order valence-electron chi connectivity index (χ3n) is 2.44. The first-order valence-electron chi connectivity index (χ1n) is 5.45. The van der Waals surface area contributed by atoms with E-state index in [0.717, 1.165) is 12.2 Å². The second-order valence-electron chi connectivity index (χ2n) is 3.61. The Kier molecular flexibility index (Phi) is 4.74. The summed E-state index contributed by atoms with van der Waals surface area (Å²) >= 11 is 0. The molecule has 0 saturated carbocycles. The van der Waals surface area contributed by atoms with Crippen molar-refractivity contribution in [2.24, 2.45) is 0 Å². The fourth-order valence-electron chi connectivity index (χ4n) is 1.49. The SMILES string of the molecule is CCN(CCC#N)c1ccc([C@@H](C)O)nc1. The lowest BCUT2D eigenvalue weighted by molar-refractivity contribution is 0.194. The molecule has 1 atom stereocenters. The highest BCUT2D eigenvalue weighted by molar-refractivity contribution is 5.44. The second-order valence-corrected chi connectivity index (χ2v) is 3.61. The Hall–Kier alpha value is -1.60. The average Bonchev–Trinajstić information content (AvgIpc) is 2.30. The number of aliphatic hydroxyl groups excluding tert-OH is 1. The molecular formula is C12H17N3O. The highest BCUT2D eigenvalue weighted by atomic mass is 16.3. The molecule has 0 bridgehead atoms. The molecule has 4 nitrogen and oxygen atoms in total. The maximum atomic E-state index is 9.33. The Morgan fingerprint density at radius 3 is 2.75 bits per heavy atom. The van der Waals surface area contributed by atoms with E-state index in [9.17, 15) is 5.11 Å². The average molecular weight is 219 g/mol. The molecule has 86 valence electrons. The van der Waals surface area contributed by atoms with Gasteiger partial charge in [-0.1, -0.05) is 0 Å². The lowest BCUT2D eigenvalue weighted by Gasteiger charge is -2.21. The van der Waals surface area contributed by atoms with Crippen molar-refractivity contribution in [2.45, 2.75) is 26.4 Å². The Labute approximate surface area is 96.2 Å². The minimum Gasteiger partial charge on any atom is -0.387 e. The van der Waals surface area contributed by atoms with E-state index in [1.165, 1.54) is 0 Å². The molecule has 1 N–H and O–H groups in total. The molecule has 0 fully saturated rings. The van der Waals surface area contributed by atoms with Crippen LogP contribution < -0.4 is 4.90 Å². The molecular weight excluding hydrogens is 202 g/mol. The van der Waals surface area contributed by atoms with Gasteiger partial charge in [-0.05, 0) is 26.0 Å². The monoisotopic (exact) mass is 219 g/mol. The minimum atomic E-state index is -0.539. The molecule has 1 rings (SSSR count). The zero-order valence-electron chi connectivity index (χ0n) is 9.72. The predicted octanol–water partition coefficient (Wildman–Crippen LogP) is 1.87.